The number of piperazine rings is 1. The van der Waals surface area contributed by atoms with E-state index in [-0.39, 0.29) is 0 Å². The zero-order chi connectivity index (χ0) is 25.9. The number of nitrogens with one attached hydrogen (secondary N) is 2. The van der Waals surface area contributed by atoms with Gasteiger partial charge in [-0.05, 0) is 37.7 Å². The van der Waals surface area contributed by atoms with Gasteiger partial charge in [-0.15, -0.1) is 0 Å². The molecule has 2 aromatic carbocycles. The van der Waals surface area contributed by atoms with Crippen molar-refractivity contribution in [3.63, 3.8) is 0 Å². The van der Waals surface area contributed by atoms with E-state index in [1.807, 2.05) is 67.2 Å². The van der Waals surface area contributed by atoms with Gasteiger partial charge in [0.05, 0.1) is 29.1 Å². The van der Waals surface area contributed by atoms with Gasteiger partial charge in [-0.1, -0.05) is 47.5 Å². The summed E-state index contributed by atoms with van der Waals surface area (Å²) in [4.78, 5) is 23.3. The topological polar surface area (TPSA) is 87.0 Å². The highest BCUT2D eigenvalue weighted by Gasteiger charge is 2.20. The maximum Gasteiger partial charge on any atom is 0.234 e. The lowest BCUT2D eigenvalue weighted by Crippen LogP contribution is -2.45. The first-order chi connectivity index (χ1) is 17.9. The van der Waals surface area contributed by atoms with Crippen molar-refractivity contribution in [1.29, 1.82) is 0 Å². The maximum absolute atomic E-state index is 6.38. The van der Waals surface area contributed by atoms with E-state index in [0.29, 0.717) is 40.3 Å². The standard InChI is InChI=1S/C26H29Cl2N9/c1-17-6-4-9-21(28)22(17)29-15-20-16-30-25(36(20)3)33-24-31-23(18-7-5-8-19(27)14-18)32-26(34-24)37-12-10-35(2)11-13-37/h4-9,14,16,29H,10-13,15H2,1-3H3,(H,30,31,32,33,34). The summed E-state index contributed by atoms with van der Waals surface area (Å²) >= 11 is 12.6. The average molecular weight is 538 g/mol. The molecule has 0 bridgehead atoms. The molecule has 0 atom stereocenters. The van der Waals surface area contributed by atoms with Crippen LogP contribution in [0.15, 0.2) is 48.7 Å². The number of nitrogens with zero attached hydrogens (tertiary/aromatic N) is 7. The fourth-order valence-corrected chi connectivity index (χ4v) is 4.66. The smallest absolute Gasteiger partial charge is 0.234 e. The Hall–Kier alpha value is -3.40. The summed E-state index contributed by atoms with van der Waals surface area (Å²) in [6.07, 6.45) is 1.82. The number of imidazole rings is 1. The lowest BCUT2D eigenvalue weighted by Gasteiger charge is -2.32. The second kappa shape index (κ2) is 10.9. The van der Waals surface area contributed by atoms with Crippen molar-refractivity contribution in [1.82, 2.24) is 29.4 Å². The van der Waals surface area contributed by atoms with Gasteiger partial charge in [-0.2, -0.15) is 15.0 Å². The summed E-state index contributed by atoms with van der Waals surface area (Å²) in [5.74, 6) is 2.24. The molecule has 0 spiro atoms. The van der Waals surface area contributed by atoms with Gasteiger partial charge in [0.1, 0.15) is 0 Å². The number of para-hydroxylation sites is 1. The monoisotopic (exact) mass is 537 g/mol. The molecule has 37 heavy (non-hydrogen) atoms. The van der Waals surface area contributed by atoms with Crippen LogP contribution in [-0.2, 0) is 13.6 Å². The van der Waals surface area contributed by atoms with Crippen molar-refractivity contribution in [3.05, 3.63) is 70.0 Å². The molecule has 9 nitrogen and oxygen atoms in total. The number of benzene rings is 2. The van der Waals surface area contributed by atoms with Crippen LogP contribution in [0.2, 0.25) is 10.0 Å². The Labute approximate surface area is 226 Å². The molecule has 1 saturated heterocycles. The van der Waals surface area contributed by atoms with E-state index in [1.54, 1.807) is 0 Å². The zero-order valence-corrected chi connectivity index (χ0v) is 22.6. The quantitative estimate of drug-likeness (QED) is 0.340. The Balaban J connectivity index is 1.41. The van der Waals surface area contributed by atoms with Crippen LogP contribution in [0.25, 0.3) is 11.4 Å². The third-order valence-corrected chi connectivity index (χ3v) is 7.02. The Morgan fingerprint density at radius 1 is 0.946 bits per heavy atom. The van der Waals surface area contributed by atoms with Gasteiger partial charge in [0, 0.05) is 43.8 Å². The van der Waals surface area contributed by atoms with Crippen molar-refractivity contribution < 1.29 is 0 Å². The minimum absolute atomic E-state index is 0.425. The molecular formula is C26H29Cl2N9. The van der Waals surface area contributed by atoms with Gasteiger partial charge in [-0.3, -0.25) is 5.32 Å². The van der Waals surface area contributed by atoms with Crippen molar-refractivity contribution >= 4 is 46.7 Å². The normalized spacial score (nSPS) is 14.1. The fraction of sp³-hybridized carbons (Fsp3) is 0.308. The van der Waals surface area contributed by atoms with Crippen LogP contribution in [0, 0.1) is 6.92 Å². The molecule has 2 aromatic heterocycles. The summed E-state index contributed by atoms with van der Waals surface area (Å²) in [6.45, 7) is 6.17. The van der Waals surface area contributed by atoms with Crippen molar-refractivity contribution in [2.24, 2.45) is 7.05 Å². The van der Waals surface area contributed by atoms with Crippen LogP contribution in [-0.4, -0.2) is 62.6 Å². The second-order valence-electron chi connectivity index (χ2n) is 9.13. The van der Waals surface area contributed by atoms with Crippen molar-refractivity contribution in [3.8, 4) is 11.4 Å². The molecular weight excluding hydrogens is 509 g/mol. The Kier molecular flexibility index (Phi) is 7.45. The molecule has 0 radical (unpaired) electrons. The Bertz CT molecular complexity index is 1380. The highest BCUT2D eigenvalue weighted by molar-refractivity contribution is 6.33. The minimum Gasteiger partial charge on any atom is -0.378 e. The number of halogens is 2. The number of hydrogen-bond donors (Lipinski definition) is 2. The lowest BCUT2D eigenvalue weighted by atomic mass is 10.2. The van der Waals surface area contributed by atoms with Crippen LogP contribution >= 0.6 is 23.2 Å². The molecule has 11 heteroatoms. The van der Waals surface area contributed by atoms with Gasteiger partial charge in [0.2, 0.25) is 17.8 Å². The SMILES string of the molecule is Cc1cccc(Cl)c1NCc1cnc(Nc2nc(-c3cccc(Cl)c3)nc(N3CCN(C)CC3)n2)n1C. The van der Waals surface area contributed by atoms with Gasteiger partial charge >= 0.3 is 0 Å². The maximum atomic E-state index is 6.38. The summed E-state index contributed by atoms with van der Waals surface area (Å²) in [5.41, 5.74) is 3.81. The summed E-state index contributed by atoms with van der Waals surface area (Å²) in [6, 6.07) is 13.4. The Morgan fingerprint density at radius 3 is 2.49 bits per heavy atom. The first kappa shape index (κ1) is 25.3. The van der Waals surface area contributed by atoms with Crippen LogP contribution in [0.5, 0.6) is 0 Å². The number of likely N-dealkylation sites (N-methyl/N-ethyl adjacent to an activating group) is 1. The van der Waals surface area contributed by atoms with Gasteiger partial charge in [0.15, 0.2) is 5.82 Å². The largest absolute Gasteiger partial charge is 0.378 e. The molecule has 1 aliphatic heterocycles. The molecule has 0 amide bonds. The van der Waals surface area contributed by atoms with E-state index in [1.165, 1.54) is 0 Å². The minimum atomic E-state index is 0.425. The third-order valence-electron chi connectivity index (χ3n) is 6.47. The fourth-order valence-electron chi connectivity index (χ4n) is 4.19. The first-order valence-electron chi connectivity index (χ1n) is 12.1. The second-order valence-corrected chi connectivity index (χ2v) is 9.97. The molecule has 0 saturated carbocycles. The molecule has 1 aliphatic rings. The first-order valence-corrected chi connectivity index (χ1v) is 12.8. The predicted molar refractivity (Wildman–Crippen MR) is 150 cm³/mol. The third kappa shape index (κ3) is 5.79. The van der Waals surface area contributed by atoms with Crippen molar-refractivity contribution in [2.75, 3.05) is 48.8 Å². The van der Waals surface area contributed by atoms with Crippen LogP contribution in [0.3, 0.4) is 0 Å². The van der Waals surface area contributed by atoms with E-state index in [0.717, 1.165) is 48.7 Å². The molecule has 3 heterocycles. The number of rotatable bonds is 7. The van der Waals surface area contributed by atoms with Crippen LogP contribution in [0.4, 0.5) is 23.5 Å². The van der Waals surface area contributed by atoms with E-state index in [9.17, 15) is 0 Å². The molecule has 0 aliphatic carbocycles. The number of anilines is 4. The van der Waals surface area contributed by atoms with Crippen LogP contribution in [0.1, 0.15) is 11.3 Å². The molecule has 5 rings (SSSR count). The zero-order valence-electron chi connectivity index (χ0n) is 21.0. The summed E-state index contributed by atoms with van der Waals surface area (Å²) in [5, 5.41) is 8.03. The van der Waals surface area contributed by atoms with Gasteiger partial charge in [0.25, 0.3) is 0 Å². The molecule has 0 unspecified atom stereocenters. The summed E-state index contributed by atoms with van der Waals surface area (Å²) < 4.78 is 1.97. The van der Waals surface area contributed by atoms with E-state index < -0.39 is 0 Å². The molecule has 4 aromatic rings. The van der Waals surface area contributed by atoms with Gasteiger partial charge in [-0.25, -0.2) is 4.98 Å². The van der Waals surface area contributed by atoms with Crippen LogP contribution < -0.4 is 15.5 Å². The highest BCUT2D eigenvalue weighted by Crippen LogP contribution is 2.27. The van der Waals surface area contributed by atoms with Crippen molar-refractivity contribution in [2.45, 2.75) is 13.5 Å². The number of aryl methyl sites for hydroxylation is 1. The predicted octanol–water partition coefficient (Wildman–Crippen LogP) is 4.99. The highest BCUT2D eigenvalue weighted by atomic mass is 35.5. The molecule has 2 N–H and O–H groups in total. The molecule has 1 fully saturated rings. The average Bonchev–Trinajstić information content (AvgIpc) is 3.23. The van der Waals surface area contributed by atoms with E-state index >= 15 is 0 Å². The lowest BCUT2D eigenvalue weighted by molar-refractivity contribution is 0.311. The summed E-state index contributed by atoms with van der Waals surface area (Å²) in [7, 11) is 4.07. The number of hydrogen-bond acceptors (Lipinski definition) is 8. The van der Waals surface area contributed by atoms with Gasteiger partial charge < -0.3 is 19.7 Å². The van der Waals surface area contributed by atoms with E-state index in [2.05, 4.69) is 32.5 Å². The number of aromatic nitrogens is 5. The van der Waals surface area contributed by atoms with E-state index in [4.69, 9.17) is 38.2 Å². The molecule has 192 valence electrons. The Morgan fingerprint density at radius 2 is 1.73 bits per heavy atom.